The van der Waals surface area contributed by atoms with E-state index in [2.05, 4.69) is 5.32 Å². The van der Waals surface area contributed by atoms with Crippen molar-refractivity contribution in [3.63, 3.8) is 0 Å². The molecule has 0 atom stereocenters. The summed E-state index contributed by atoms with van der Waals surface area (Å²) in [6, 6.07) is 19.6. The van der Waals surface area contributed by atoms with Gasteiger partial charge in [-0.25, -0.2) is 4.79 Å². The van der Waals surface area contributed by atoms with Crippen molar-refractivity contribution in [2.24, 2.45) is 0 Å². The van der Waals surface area contributed by atoms with Gasteiger partial charge in [-0.1, -0.05) is 36.4 Å². The molecule has 0 radical (unpaired) electrons. The molecule has 1 amide bonds. The molecule has 32 heavy (non-hydrogen) atoms. The SMILES string of the molecule is CN(C)c1ccc(C(=O)Nc2cc(-c3ccccc3)ccc2C(=O)OC(C)(C)C)c(O)c1. The molecule has 0 saturated carbocycles. The number of ether oxygens (including phenoxy) is 1. The number of hydrogen-bond acceptors (Lipinski definition) is 5. The third kappa shape index (κ3) is 5.46. The summed E-state index contributed by atoms with van der Waals surface area (Å²) in [7, 11) is 3.69. The maximum Gasteiger partial charge on any atom is 0.340 e. The molecule has 0 unspecified atom stereocenters. The number of carbonyl (C=O) groups is 2. The van der Waals surface area contributed by atoms with E-state index in [1.54, 1.807) is 45.0 Å². The summed E-state index contributed by atoms with van der Waals surface area (Å²) in [6.07, 6.45) is 0. The van der Waals surface area contributed by atoms with Crippen LogP contribution in [0.1, 0.15) is 41.5 Å². The molecule has 0 bridgehead atoms. The van der Waals surface area contributed by atoms with Crippen LogP contribution in [0.5, 0.6) is 5.75 Å². The van der Waals surface area contributed by atoms with Crippen LogP contribution in [0.15, 0.2) is 66.7 Å². The van der Waals surface area contributed by atoms with Crippen LogP contribution in [-0.2, 0) is 4.74 Å². The van der Waals surface area contributed by atoms with Gasteiger partial charge in [0.25, 0.3) is 5.91 Å². The topological polar surface area (TPSA) is 78.9 Å². The Hall–Kier alpha value is -3.80. The number of rotatable bonds is 5. The maximum atomic E-state index is 13.0. The summed E-state index contributed by atoms with van der Waals surface area (Å²) < 4.78 is 5.52. The molecule has 3 aromatic rings. The second kappa shape index (κ2) is 9.14. The summed E-state index contributed by atoms with van der Waals surface area (Å²) in [5.41, 5.74) is 2.50. The molecule has 0 aliphatic rings. The molecule has 0 fully saturated rings. The highest BCUT2D eigenvalue weighted by atomic mass is 16.6. The predicted molar refractivity (Wildman–Crippen MR) is 127 cm³/mol. The van der Waals surface area contributed by atoms with E-state index in [0.717, 1.165) is 16.8 Å². The van der Waals surface area contributed by atoms with Gasteiger partial charge < -0.3 is 20.1 Å². The lowest BCUT2D eigenvalue weighted by Crippen LogP contribution is -2.25. The maximum absolute atomic E-state index is 13.0. The van der Waals surface area contributed by atoms with Crippen molar-refractivity contribution in [1.82, 2.24) is 0 Å². The summed E-state index contributed by atoms with van der Waals surface area (Å²) >= 11 is 0. The largest absolute Gasteiger partial charge is 0.507 e. The highest BCUT2D eigenvalue weighted by Gasteiger charge is 2.23. The number of aromatic hydroxyl groups is 1. The average Bonchev–Trinajstić information content (AvgIpc) is 2.72. The van der Waals surface area contributed by atoms with Gasteiger partial charge in [0, 0.05) is 25.8 Å². The quantitative estimate of drug-likeness (QED) is 0.533. The van der Waals surface area contributed by atoms with Crippen LogP contribution in [0.2, 0.25) is 0 Å². The molecule has 2 N–H and O–H groups in total. The van der Waals surface area contributed by atoms with Crippen LogP contribution < -0.4 is 10.2 Å². The molecule has 0 aliphatic heterocycles. The first-order valence-electron chi connectivity index (χ1n) is 10.3. The normalized spacial score (nSPS) is 11.0. The van der Waals surface area contributed by atoms with E-state index < -0.39 is 17.5 Å². The average molecular weight is 433 g/mol. The molecular formula is C26H28N2O4. The van der Waals surface area contributed by atoms with E-state index in [4.69, 9.17) is 4.74 Å². The first-order valence-corrected chi connectivity index (χ1v) is 10.3. The summed E-state index contributed by atoms with van der Waals surface area (Å²) in [5.74, 6) is -1.21. The molecule has 3 aromatic carbocycles. The zero-order valence-corrected chi connectivity index (χ0v) is 19.0. The number of benzene rings is 3. The van der Waals surface area contributed by atoms with Crippen LogP contribution in [-0.4, -0.2) is 36.7 Å². The van der Waals surface area contributed by atoms with Crippen LogP contribution in [0.4, 0.5) is 11.4 Å². The van der Waals surface area contributed by atoms with Gasteiger partial charge in [-0.05, 0) is 56.2 Å². The molecule has 0 aliphatic carbocycles. The third-order valence-corrected chi connectivity index (χ3v) is 4.74. The van der Waals surface area contributed by atoms with Gasteiger partial charge in [-0.15, -0.1) is 0 Å². The predicted octanol–water partition coefficient (Wildman–Crippen LogP) is 5.33. The van der Waals surface area contributed by atoms with E-state index in [-0.39, 0.29) is 16.9 Å². The number of phenolic OH excluding ortho intramolecular Hbond substituents is 1. The molecule has 3 rings (SSSR count). The first-order chi connectivity index (χ1) is 15.0. The van der Waals surface area contributed by atoms with Gasteiger partial charge in [-0.2, -0.15) is 0 Å². The molecule has 6 heteroatoms. The smallest absolute Gasteiger partial charge is 0.340 e. The Morgan fingerprint density at radius 1 is 0.875 bits per heavy atom. The molecule has 0 spiro atoms. The van der Waals surface area contributed by atoms with E-state index in [0.29, 0.717) is 5.69 Å². The fourth-order valence-corrected chi connectivity index (χ4v) is 3.15. The van der Waals surface area contributed by atoms with Crippen LogP contribution in [0.25, 0.3) is 11.1 Å². The Morgan fingerprint density at radius 3 is 2.12 bits per heavy atom. The van der Waals surface area contributed by atoms with Gasteiger partial charge >= 0.3 is 5.97 Å². The van der Waals surface area contributed by atoms with Gasteiger partial charge in [0.1, 0.15) is 11.4 Å². The second-order valence-corrected chi connectivity index (χ2v) is 8.68. The lowest BCUT2D eigenvalue weighted by molar-refractivity contribution is 0.00708. The van der Waals surface area contributed by atoms with Crippen molar-refractivity contribution in [2.75, 3.05) is 24.3 Å². The van der Waals surface area contributed by atoms with Gasteiger partial charge in [0.2, 0.25) is 0 Å². The van der Waals surface area contributed by atoms with Crippen molar-refractivity contribution in [3.05, 3.63) is 77.9 Å². The van der Waals surface area contributed by atoms with Crippen LogP contribution in [0, 0.1) is 0 Å². The minimum Gasteiger partial charge on any atom is -0.507 e. The van der Waals surface area contributed by atoms with Crippen molar-refractivity contribution >= 4 is 23.3 Å². The Balaban J connectivity index is 2.00. The fraction of sp³-hybridized carbons (Fsp3) is 0.231. The molecule has 6 nitrogen and oxygen atoms in total. The van der Waals surface area contributed by atoms with Crippen molar-refractivity contribution in [1.29, 1.82) is 0 Å². The monoisotopic (exact) mass is 432 g/mol. The lowest BCUT2D eigenvalue weighted by atomic mass is 10.0. The van der Waals surface area contributed by atoms with Gasteiger partial charge in [0.15, 0.2) is 0 Å². The van der Waals surface area contributed by atoms with E-state index in [1.807, 2.05) is 55.4 Å². The van der Waals surface area contributed by atoms with Crippen molar-refractivity contribution in [3.8, 4) is 16.9 Å². The standard InChI is InChI=1S/C26H28N2O4/c1-26(2,3)32-25(31)20-13-11-18(17-9-7-6-8-10-17)15-22(20)27-24(30)21-14-12-19(28(4)5)16-23(21)29/h6-16,29H,1-5H3,(H,27,30). The summed E-state index contributed by atoms with van der Waals surface area (Å²) in [5, 5.41) is 13.2. The number of hydrogen-bond donors (Lipinski definition) is 2. The number of nitrogens with zero attached hydrogens (tertiary/aromatic N) is 1. The van der Waals surface area contributed by atoms with Crippen molar-refractivity contribution in [2.45, 2.75) is 26.4 Å². The lowest BCUT2D eigenvalue weighted by Gasteiger charge is -2.21. The van der Waals surface area contributed by atoms with Gasteiger partial charge in [0.05, 0.1) is 16.8 Å². The zero-order chi connectivity index (χ0) is 23.5. The Bertz CT molecular complexity index is 1130. The molecular weight excluding hydrogens is 404 g/mol. The third-order valence-electron chi connectivity index (χ3n) is 4.74. The van der Waals surface area contributed by atoms with Gasteiger partial charge in [-0.3, -0.25) is 4.79 Å². The molecule has 0 heterocycles. The zero-order valence-electron chi connectivity index (χ0n) is 19.0. The highest BCUT2D eigenvalue weighted by Crippen LogP contribution is 2.29. The number of phenols is 1. The Kier molecular flexibility index (Phi) is 6.53. The number of amides is 1. The van der Waals surface area contributed by atoms with E-state index in [9.17, 15) is 14.7 Å². The summed E-state index contributed by atoms with van der Waals surface area (Å²) in [4.78, 5) is 27.6. The first kappa shape index (κ1) is 22.9. The fourth-order valence-electron chi connectivity index (χ4n) is 3.15. The number of anilines is 2. The van der Waals surface area contributed by atoms with E-state index in [1.165, 1.54) is 6.07 Å². The number of esters is 1. The number of nitrogens with one attached hydrogen (secondary N) is 1. The second-order valence-electron chi connectivity index (χ2n) is 8.68. The summed E-state index contributed by atoms with van der Waals surface area (Å²) in [6.45, 7) is 5.35. The molecule has 0 aromatic heterocycles. The molecule has 0 saturated heterocycles. The van der Waals surface area contributed by atoms with Crippen molar-refractivity contribution < 1.29 is 19.4 Å². The Labute approximate surface area is 188 Å². The minimum atomic E-state index is -0.684. The highest BCUT2D eigenvalue weighted by molar-refractivity contribution is 6.10. The Morgan fingerprint density at radius 2 is 1.53 bits per heavy atom. The number of carbonyl (C=O) groups excluding carboxylic acids is 2. The molecule has 166 valence electrons. The van der Waals surface area contributed by atoms with Crippen LogP contribution >= 0.6 is 0 Å². The van der Waals surface area contributed by atoms with Crippen LogP contribution in [0.3, 0.4) is 0 Å². The van der Waals surface area contributed by atoms with E-state index >= 15 is 0 Å². The minimum absolute atomic E-state index is 0.107.